The van der Waals surface area contributed by atoms with Crippen molar-refractivity contribution >= 4 is 35.2 Å². The Kier molecular flexibility index (Phi) is 6.53. The number of hydrogen-bond donors (Lipinski definition) is 4. The molecule has 9 heteroatoms. The van der Waals surface area contributed by atoms with Crippen molar-refractivity contribution in [2.45, 2.75) is 18.9 Å². The second-order valence-electron chi connectivity index (χ2n) is 5.33. The molecule has 2 amide bonds. The van der Waals surface area contributed by atoms with Crippen LogP contribution in [0.25, 0.3) is 0 Å². The van der Waals surface area contributed by atoms with E-state index in [1.165, 1.54) is 6.07 Å². The van der Waals surface area contributed by atoms with Gasteiger partial charge in [-0.2, -0.15) is 4.98 Å². The standard InChI is InChI=1S/C16H19ClN6O2/c17-12-9-14(23-16(19)22-12)21-11(8-10-4-2-1-3-5-10)15(25)20-7-6-13(18)24/h1-5,9,11H,6-8H2,(H2,18,24)(H,20,25)(H3,19,21,22,23). The van der Waals surface area contributed by atoms with E-state index in [0.29, 0.717) is 12.2 Å². The highest BCUT2D eigenvalue weighted by molar-refractivity contribution is 6.29. The highest BCUT2D eigenvalue weighted by atomic mass is 35.5. The molecule has 0 saturated carbocycles. The van der Waals surface area contributed by atoms with Crippen LogP contribution >= 0.6 is 11.6 Å². The molecular formula is C16H19ClN6O2. The summed E-state index contributed by atoms with van der Waals surface area (Å²) in [6.45, 7) is 0.161. The van der Waals surface area contributed by atoms with E-state index in [-0.39, 0.29) is 30.0 Å². The molecule has 132 valence electrons. The molecule has 0 saturated heterocycles. The molecule has 0 bridgehead atoms. The fourth-order valence-electron chi connectivity index (χ4n) is 2.18. The second-order valence-corrected chi connectivity index (χ2v) is 5.72. The number of aromatic nitrogens is 2. The third kappa shape index (κ3) is 6.27. The highest BCUT2D eigenvalue weighted by Gasteiger charge is 2.20. The van der Waals surface area contributed by atoms with Gasteiger partial charge in [0.25, 0.3) is 0 Å². The first-order chi connectivity index (χ1) is 11.9. The van der Waals surface area contributed by atoms with Gasteiger partial charge in [0.15, 0.2) is 0 Å². The Bertz CT molecular complexity index is 720. The van der Waals surface area contributed by atoms with Crippen molar-refractivity contribution in [2.75, 3.05) is 17.6 Å². The third-order valence-corrected chi connectivity index (χ3v) is 3.50. The molecule has 0 aliphatic carbocycles. The topological polar surface area (TPSA) is 136 Å². The number of carbonyl (C=O) groups is 2. The molecule has 1 unspecified atom stereocenters. The molecule has 1 heterocycles. The van der Waals surface area contributed by atoms with Crippen molar-refractivity contribution in [3.05, 3.63) is 47.1 Å². The number of nitrogens with zero attached hydrogens (tertiary/aromatic N) is 2. The molecular weight excluding hydrogens is 344 g/mol. The Morgan fingerprint density at radius 1 is 1.20 bits per heavy atom. The molecule has 0 fully saturated rings. The summed E-state index contributed by atoms with van der Waals surface area (Å²) in [4.78, 5) is 31.1. The van der Waals surface area contributed by atoms with E-state index in [1.807, 2.05) is 30.3 Å². The lowest BCUT2D eigenvalue weighted by atomic mass is 10.1. The van der Waals surface area contributed by atoms with Gasteiger partial charge in [-0.05, 0) is 5.56 Å². The molecule has 2 rings (SSSR count). The Labute approximate surface area is 150 Å². The van der Waals surface area contributed by atoms with E-state index in [2.05, 4.69) is 20.6 Å². The zero-order valence-corrected chi connectivity index (χ0v) is 14.2. The minimum absolute atomic E-state index is 0.00241. The first-order valence-corrected chi connectivity index (χ1v) is 7.98. The Morgan fingerprint density at radius 3 is 2.56 bits per heavy atom. The van der Waals surface area contributed by atoms with Gasteiger partial charge in [-0.15, -0.1) is 0 Å². The zero-order valence-electron chi connectivity index (χ0n) is 13.4. The number of hydrogen-bond acceptors (Lipinski definition) is 6. The maximum absolute atomic E-state index is 12.5. The average molecular weight is 363 g/mol. The maximum Gasteiger partial charge on any atom is 0.242 e. The van der Waals surface area contributed by atoms with Crippen molar-refractivity contribution in [2.24, 2.45) is 5.73 Å². The van der Waals surface area contributed by atoms with E-state index in [4.69, 9.17) is 23.1 Å². The van der Waals surface area contributed by atoms with E-state index in [0.717, 1.165) is 5.56 Å². The minimum Gasteiger partial charge on any atom is -0.370 e. The average Bonchev–Trinajstić information content (AvgIpc) is 2.54. The van der Waals surface area contributed by atoms with Crippen LogP contribution in [0.5, 0.6) is 0 Å². The maximum atomic E-state index is 12.5. The number of carbonyl (C=O) groups excluding carboxylic acids is 2. The SMILES string of the molecule is NC(=O)CCNC(=O)C(Cc1ccccc1)Nc1cc(Cl)nc(N)n1. The van der Waals surface area contributed by atoms with E-state index >= 15 is 0 Å². The largest absolute Gasteiger partial charge is 0.370 e. The van der Waals surface area contributed by atoms with Crippen LogP contribution in [0.15, 0.2) is 36.4 Å². The highest BCUT2D eigenvalue weighted by Crippen LogP contribution is 2.15. The molecule has 2 aromatic rings. The van der Waals surface area contributed by atoms with Gasteiger partial charge in [-0.3, -0.25) is 9.59 Å². The van der Waals surface area contributed by atoms with Crippen LogP contribution in [0.4, 0.5) is 11.8 Å². The molecule has 25 heavy (non-hydrogen) atoms. The van der Waals surface area contributed by atoms with Crippen LogP contribution in [0.1, 0.15) is 12.0 Å². The molecule has 6 N–H and O–H groups in total. The number of rotatable bonds is 8. The quantitative estimate of drug-likeness (QED) is 0.511. The molecule has 8 nitrogen and oxygen atoms in total. The van der Waals surface area contributed by atoms with Gasteiger partial charge in [-0.1, -0.05) is 41.9 Å². The van der Waals surface area contributed by atoms with Crippen molar-refractivity contribution in [1.82, 2.24) is 15.3 Å². The predicted molar refractivity (Wildman–Crippen MR) is 95.8 cm³/mol. The molecule has 0 aliphatic heterocycles. The summed E-state index contributed by atoms with van der Waals surface area (Å²) in [5.74, 6) is -0.437. The number of anilines is 2. The van der Waals surface area contributed by atoms with Crippen LogP contribution in [-0.4, -0.2) is 34.4 Å². The first kappa shape index (κ1) is 18.5. The third-order valence-electron chi connectivity index (χ3n) is 3.30. The number of nitrogens with one attached hydrogen (secondary N) is 2. The van der Waals surface area contributed by atoms with Gasteiger partial charge in [0.2, 0.25) is 17.8 Å². The Morgan fingerprint density at radius 2 is 1.92 bits per heavy atom. The van der Waals surface area contributed by atoms with Crippen LogP contribution < -0.4 is 22.1 Å². The van der Waals surface area contributed by atoms with E-state index < -0.39 is 11.9 Å². The van der Waals surface area contributed by atoms with Crippen molar-refractivity contribution in [3.63, 3.8) is 0 Å². The fraction of sp³-hybridized carbons (Fsp3) is 0.250. The number of halogens is 1. The molecule has 1 aromatic carbocycles. The second kappa shape index (κ2) is 8.84. The van der Waals surface area contributed by atoms with Crippen LogP contribution in [0, 0.1) is 0 Å². The van der Waals surface area contributed by atoms with Crippen molar-refractivity contribution < 1.29 is 9.59 Å². The van der Waals surface area contributed by atoms with Gasteiger partial charge in [0.1, 0.15) is 17.0 Å². The van der Waals surface area contributed by atoms with Crippen LogP contribution in [0.3, 0.4) is 0 Å². The van der Waals surface area contributed by atoms with Crippen LogP contribution in [0.2, 0.25) is 5.15 Å². The summed E-state index contributed by atoms with van der Waals surface area (Å²) in [6, 6.07) is 10.3. The lowest BCUT2D eigenvalue weighted by Crippen LogP contribution is -2.42. The van der Waals surface area contributed by atoms with Crippen molar-refractivity contribution in [1.29, 1.82) is 0 Å². The predicted octanol–water partition coefficient (Wildman–Crippen LogP) is 0.727. The molecule has 1 atom stereocenters. The lowest BCUT2D eigenvalue weighted by Gasteiger charge is -2.19. The molecule has 0 spiro atoms. The summed E-state index contributed by atoms with van der Waals surface area (Å²) >= 11 is 5.87. The van der Waals surface area contributed by atoms with Crippen LogP contribution in [-0.2, 0) is 16.0 Å². The summed E-state index contributed by atoms with van der Waals surface area (Å²) in [6.07, 6.45) is 0.473. The lowest BCUT2D eigenvalue weighted by molar-refractivity contribution is -0.122. The van der Waals surface area contributed by atoms with E-state index in [9.17, 15) is 9.59 Å². The van der Waals surface area contributed by atoms with Gasteiger partial charge >= 0.3 is 0 Å². The summed E-state index contributed by atoms with van der Waals surface area (Å²) in [5.41, 5.74) is 11.6. The molecule has 0 aliphatic rings. The Balaban J connectivity index is 2.12. The molecule has 1 aromatic heterocycles. The normalized spacial score (nSPS) is 11.6. The van der Waals surface area contributed by atoms with Gasteiger partial charge in [0.05, 0.1) is 0 Å². The summed E-state index contributed by atoms with van der Waals surface area (Å²) < 4.78 is 0. The summed E-state index contributed by atoms with van der Waals surface area (Å²) in [5, 5.41) is 5.85. The molecule has 0 radical (unpaired) electrons. The van der Waals surface area contributed by atoms with Gasteiger partial charge in [-0.25, -0.2) is 4.98 Å². The number of primary amides is 1. The summed E-state index contributed by atoms with van der Waals surface area (Å²) in [7, 11) is 0. The monoisotopic (exact) mass is 362 g/mol. The number of amides is 2. The smallest absolute Gasteiger partial charge is 0.242 e. The first-order valence-electron chi connectivity index (χ1n) is 7.60. The van der Waals surface area contributed by atoms with Crippen molar-refractivity contribution in [3.8, 4) is 0 Å². The minimum atomic E-state index is -0.638. The number of nitrogen functional groups attached to an aromatic ring is 1. The number of nitrogens with two attached hydrogens (primary N) is 2. The zero-order chi connectivity index (χ0) is 18.2. The Hall–Kier alpha value is -2.87. The van der Waals surface area contributed by atoms with Gasteiger partial charge < -0.3 is 22.1 Å². The fourth-order valence-corrected chi connectivity index (χ4v) is 2.37. The van der Waals surface area contributed by atoms with E-state index in [1.54, 1.807) is 0 Å². The van der Waals surface area contributed by atoms with Gasteiger partial charge in [0, 0.05) is 25.5 Å². The number of benzene rings is 1.